The SMILES string of the molecule is CCCC(=O)S(=O)[O-]. The lowest BCUT2D eigenvalue weighted by atomic mass is 10.4. The predicted molar refractivity (Wildman–Crippen MR) is 28.8 cm³/mol. The first-order valence-electron chi connectivity index (χ1n) is 2.30. The number of carbonyl (C=O) groups is 1. The van der Waals surface area contributed by atoms with Gasteiger partial charge >= 0.3 is 0 Å². The Morgan fingerprint density at radius 1 is 1.75 bits per heavy atom. The predicted octanol–water partition coefficient (Wildman–Crippen LogP) is 0.192. The second-order valence-corrected chi connectivity index (χ2v) is 2.28. The molecule has 0 saturated heterocycles. The summed E-state index contributed by atoms with van der Waals surface area (Å²) >= 11 is -2.50. The van der Waals surface area contributed by atoms with E-state index in [1.807, 2.05) is 0 Å². The second-order valence-electron chi connectivity index (χ2n) is 1.36. The van der Waals surface area contributed by atoms with E-state index >= 15 is 0 Å². The summed E-state index contributed by atoms with van der Waals surface area (Å²) in [4.78, 5) is 10.1. The van der Waals surface area contributed by atoms with Crippen LogP contribution in [-0.4, -0.2) is 13.9 Å². The Morgan fingerprint density at radius 3 is 2.38 bits per heavy atom. The molecule has 0 aromatic heterocycles. The normalized spacial score (nSPS) is 13.2. The van der Waals surface area contributed by atoms with E-state index in [1.54, 1.807) is 6.92 Å². The summed E-state index contributed by atoms with van der Waals surface area (Å²) in [6.07, 6.45) is 0.725. The number of carbonyl (C=O) groups excluding carboxylic acids is 1. The summed E-state index contributed by atoms with van der Waals surface area (Å²) in [5.41, 5.74) is 0. The van der Waals surface area contributed by atoms with Crippen LogP contribution < -0.4 is 0 Å². The van der Waals surface area contributed by atoms with Gasteiger partial charge in [0, 0.05) is 17.5 Å². The third-order valence-electron chi connectivity index (χ3n) is 0.640. The van der Waals surface area contributed by atoms with E-state index < -0.39 is 16.2 Å². The molecule has 0 aromatic carbocycles. The number of rotatable bonds is 2. The van der Waals surface area contributed by atoms with Gasteiger partial charge in [-0.1, -0.05) is 6.92 Å². The maximum atomic E-state index is 10.1. The molecule has 4 heteroatoms. The maximum absolute atomic E-state index is 10.1. The summed E-state index contributed by atoms with van der Waals surface area (Å²) in [5, 5.41) is -0.701. The lowest BCUT2D eigenvalue weighted by Crippen LogP contribution is -2.04. The molecule has 0 aliphatic heterocycles. The van der Waals surface area contributed by atoms with Crippen LogP contribution in [0, 0.1) is 0 Å². The van der Waals surface area contributed by atoms with Crippen molar-refractivity contribution in [3.05, 3.63) is 0 Å². The van der Waals surface area contributed by atoms with E-state index in [0.29, 0.717) is 6.42 Å². The molecule has 0 fully saturated rings. The highest BCUT2D eigenvalue weighted by Gasteiger charge is 1.96. The third-order valence-corrected chi connectivity index (χ3v) is 1.22. The van der Waals surface area contributed by atoms with E-state index in [1.165, 1.54) is 0 Å². The van der Waals surface area contributed by atoms with E-state index in [-0.39, 0.29) is 6.42 Å². The fourth-order valence-electron chi connectivity index (χ4n) is 0.287. The average molecular weight is 135 g/mol. The molecule has 0 saturated carbocycles. The lowest BCUT2D eigenvalue weighted by Gasteiger charge is -1.98. The molecular weight excluding hydrogens is 128 g/mol. The standard InChI is InChI=1S/C4H8O3S/c1-2-3-4(5)8(6)7/h2-3H2,1H3,(H,6,7)/p-1. The molecule has 0 spiro atoms. The van der Waals surface area contributed by atoms with Gasteiger partial charge in [0.2, 0.25) is 5.12 Å². The molecule has 0 radical (unpaired) electrons. The van der Waals surface area contributed by atoms with Crippen molar-refractivity contribution in [3.63, 3.8) is 0 Å². The molecule has 1 unspecified atom stereocenters. The van der Waals surface area contributed by atoms with Gasteiger partial charge in [-0.05, 0) is 6.42 Å². The Labute approximate surface area is 50.4 Å². The van der Waals surface area contributed by atoms with E-state index in [2.05, 4.69) is 0 Å². The Kier molecular flexibility index (Phi) is 3.64. The van der Waals surface area contributed by atoms with Gasteiger partial charge in [-0.15, -0.1) is 0 Å². The van der Waals surface area contributed by atoms with Crippen molar-refractivity contribution in [2.75, 3.05) is 0 Å². The first-order chi connectivity index (χ1) is 3.68. The number of hydrogen-bond donors (Lipinski definition) is 0. The van der Waals surface area contributed by atoms with Crippen molar-refractivity contribution in [1.82, 2.24) is 0 Å². The van der Waals surface area contributed by atoms with Crippen LogP contribution in [0.3, 0.4) is 0 Å². The summed E-state index contributed by atoms with van der Waals surface area (Å²) in [6.45, 7) is 1.75. The Hall–Kier alpha value is -0.220. The zero-order valence-corrected chi connectivity index (χ0v) is 5.36. The molecular formula is C4H7O3S-. The molecule has 0 aliphatic carbocycles. The van der Waals surface area contributed by atoms with Crippen LogP contribution in [0.25, 0.3) is 0 Å². The van der Waals surface area contributed by atoms with Crippen molar-refractivity contribution in [3.8, 4) is 0 Å². The molecule has 0 N–H and O–H groups in total. The Bertz CT molecular complexity index is 110. The molecule has 0 rings (SSSR count). The van der Waals surface area contributed by atoms with E-state index in [0.717, 1.165) is 0 Å². The van der Waals surface area contributed by atoms with Crippen LogP contribution in [0.5, 0.6) is 0 Å². The minimum atomic E-state index is -2.50. The molecule has 0 amide bonds. The molecule has 0 aromatic rings. The Morgan fingerprint density at radius 2 is 2.25 bits per heavy atom. The van der Waals surface area contributed by atoms with Crippen LogP contribution in [0.15, 0.2) is 0 Å². The van der Waals surface area contributed by atoms with Crippen LogP contribution in [0.2, 0.25) is 0 Å². The maximum Gasteiger partial charge on any atom is 0.205 e. The molecule has 0 aliphatic rings. The average Bonchev–Trinajstić information content (AvgIpc) is 1.67. The van der Waals surface area contributed by atoms with Gasteiger partial charge in [-0.3, -0.25) is 9.00 Å². The second kappa shape index (κ2) is 3.74. The third kappa shape index (κ3) is 2.87. The van der Waals surface area contributed by atoms with Gasteiger partial charge in [-0.2, -0.15) is 0 Å². The number of hydrogen-bond acceptors (Lipinski definition) is 3. The molecule has 0 heterocycles. The smallest absolute Gasteiger partial charge is 0.205 e. The van der Waals surface area contributed by atoms with Crippen molar-refractivity contribution < 1.29 is 13.6 Å². The zero-order chi connectivity index (χ0) is 6.57. The van der Waals surface area contributed by atoms with Crippen molar-refractivity contribution in [2.24, 2.45) is 0 Å². The van der Waals surface area contributed by atoms with Crippen LogP contribution >= 0.6 is 0 Å². The van der Waals surface area contributed by atoms with Crippen LogP contribution in [0.1, 0.15) is 19.8 Å². The minimum Gasteiger partial charge on any atom is -0.766 e. The van der Waals surface area contributed by atoms with Crippen molar-refractivity contribution in [1.29, 1.82) is 0 Å². The van der Waals surface area contributed by atoms with Crippen LogP contribution in [0.4, 0.5) is 0 Å². The van der Waals surface area contributed by atoms with Gasteiger partial charge in [0.05, 0.1) is 0 Å². The van der Waals surface area contributed by atoms with Gasteiger partial charge < -0.3 is 4.55 Å². The van der Waals surface area contributed by atoms with Gasteiger partial charge in [0.1, 0.15) is 0 Å². The highest BCUT2D eigenvalue weighted by Crippen LogP contribution is 1.90. The molecule has 48 valence electrons. The molecule has 0 bridgehead atoms. The fraction of sp³-hybridized carbons (Fsp3) is 0.750. The van der Waals surface area contributed by atoms with E-state index in [9.17, 15) is 13.6 Å². The lowest BCUT2D eigenvalue weighted by molar-refractivity contribution is -0.111. The fourth-order valence-corrected chi connectivity index (χ4v) is 0.658. The zero-order valence-electron chi connectivity index (χ0n) is 4.55. The first-order valence-corrected chi connectivity index (χ1v) is 3.38. The molecule has 1 atom stereocenters. The quantitative estimate of drug-likeness (QED) is 0.508. The summed E-state index contributed by atoms with van der Waals surface area (Å²) in [7, 11) is 0. The molecule has 8 heavy (non-hydrogen) atoms. The van der Waals surface area contributed by atoms with Crippen molar-refractivity contribution >= 4 is 16.2 Å². The van der Waals surface area contributed by atoms with Crippen molar-refractivity contribution in [2.45, 2.75) is 19.8 Å². The summed E-state index contributed by atoms with van der Waals surface area (Å²) < 4.78 is 19.5. The topological polar surface area (TPSA) is 57.2 Å². The minimum absolute atomic E-state index is 0.135. The van der Waals surface area contributed by atoms with Gasteiger partial charge in [0.25, 0.3) is 0 Å². The highest BCUT2D eigenvalue weighted by molar-refractivity contribution is 7.95. The van der Waals surface area contributed by atoms with Crippen LogP contribution in [-0.2, 0) is 15.9 Å². The molecule has 3 nitrogen and oxygen atoms in total. The summed E-state index contributed by atoms with van der Waals surface area (Å²) in [5.74, 6) is 0. The highest BCUT2D eigenvalue weighted by atomic mass is 32.2. The largest absolute Gasteiger partial charge is 0.766 e. The van der Waals surface area contributed by atoms with Gasteiger partial charge in [-0.25, -0.2) is 0 Å². The Balaban J connectivity index is 3.49. The van der Waals surface area contributed by atoms with Gasteiger partial charge in [0.15, 0.2) is 0 Å². The first kappa shape index (κ1) is 7.78. The monoisotopic (exact) mass is 135 g/mol. The summed E-state index contributed by atoms with van der Waals surface area (Å²) in [6, 6.07) is 0. The van der Waals surface area contributed by atoms with E-state index in [4.69, 9.17) is 0 Å².